The van der Waals surface area contributed by atoms with Gasteiger partial charge < -0.3 is 4.74 Å². The Bertz CT molecular complexity index is 1550. The number of fused-ring (bicyclic) bond motifs is 1. The Labute approximate surface area is 254 Å². The lowest BCUT2D eigenvalue weighted by Crippen LogP contribution is -2.25. The van der Waals surface area contributed by atoms with Gasteiger partial charge in [-0.15, -0.1) is 0 Å². The van der Waals surface area contributed by atoms with E-state index in [-0.39, 0.29) is 11.5 Å². The largest absolute Gasteiger partial charge is 0.488 e. The van der Waals surface area contributed by atoms with Crippen molar-refractivity contribution in [2.24, 2.45) is 5.10 Å². The first-order chi connectivity index (χ1) is 17.9. The van der Waals surface area contributed by atoms with Crippen LogP contribution in [0.4, 0.5) is 0 Å². The average molecular weight is 800 g/mol. The van der Waals surface area contributed by atoms with Crippen molar-refractivity contribution in [3.63, 3.8) is 0 Å². The summed E-state index contributed by atoms with van der Waals surface area (Å²) in [5.74, 6) is 1.79. The smallest absolute Gasteiger partial charge is 0.282 e. The molecule has 5 nitrogen and oxygen atoms in total. The van der Waals surface area contributed by atoms with Gasteiger partial charge in [-0.05, 0) is 89.5 Å². The summed E-state index contributed by atoms with van der Waals surface area (Å²) in [4.78, 5) is 18.4. The van der Waals surface area contributed by atoms with E-state index < -0.39 is 0 Å². The molecule has 0 bridgehead atoms. The highest BCUT2D eigenvalue weighted by atomic mass is 127. The van der Waals surface area contributed by atoms with Crippen LogP contribution in [0.15, 0.2) is 77.9 Å². The molecule has 0 saturated heterocycles. The first kappa shape index (κ1) is 27.0. The van der Waals surface area contributed by atoms with Gasteiger partial charge in [-0.3, -0.25) is 4.79 Å². The molecule has 0 atom stereocenters. The van der Waals surface area contributed by atoms with Gasteiger partial charge in [-0.25, -0.2) is 4.98 Å². The first-order valence-corrected chi connectivity index (χ1v) is 15.5. The van der Waals surface area contributed by atoms with Crippen molar-refractivity contribution in [1.29, 1.82) is 0 Å². The maximum Gasteiger partial charge on any atom is 0.282 e. The molecule has 0 amide bonds. The maximum absolute atomic E-state index is 13.5. The minimum absolute atomic E-state index is 0.141. The SMILES string of the molecule is O=c1c2cc(Br)ccc2nc(C2CCCCC2)n1N=Cc1ccc(OCc2ccc(Br)cc2Br)c(I)c1. The first-order valence-electron chi connectivity index (χ1n) is 12.0. The Balaban J connectivity index is 1.43. The third-order valence-electron chi connectivity index (χ3n) is 6.48. The predicted octanol–water partition coefficient (Wildman–Crippen LogP) is 8.80. The normalized spacial score (nSPS) is 14.5. The van der Waals surface area contributed by atoms with Crippen LogP contribution in [0.3, 0.4) is 0 Å². The minimum atomic E-state index is -0.141. The van der Waals surface area contributed by atoms with Crippen molar-refractivity contribution in [2.45, 2.75) is 44.6 Å². The van der Waals surface area contributed by atoms with Crippen molar-refractivity contribution in [1.82, 2.24) is 9.66 Å². The van der Waals surface area contributed by atoms with Gasteiger partial charge in [0.25, 0.3) is 5.56 Å². The van der Waals surface area contributed by atoms with E-state index >= 15 is 0 Å². The lowest BCUT2D eigenvalue weighted by molar-refractivity contribution is 0.303. The molecule has 9 heteroatoms. The van der Waals surface area contributed by atoms with Gasteiger partial charge in [0.2, 0.25) is 0 Å². The van der Waals surface area contributed by atoms with Gasteiger partial charge in [0.15, 0.2) is 0 Å². The fraction of sp³-hybridized carbons (Fsp3) is 0.250. The second kappa shape index (κ2) is 12.1. The Morgan fingerprint density at radius 1 is 1.00 bits per heavy atom. The molecule has 3 aromatic carbocycles. The highest BCUT2D eigenvalue weighted by Gasteiger charge is 2.22. The van der Waals surface area contributed by atoms with Gasteiger partial charge in [0.05, 0.1) is 20.7 Å². The van der Waals surface area contributed by atoms with Crippen molar-refractivity contribution in [2.75, 3.05) is 0 Å². The third-order valence-corrected chi connectivity index (χ3v) is 9.05. The quantitative estimate of drug-likeness (QED) is 0.145. The second-order valence-corrected chi connectivity index (χ2v) is 12.9. The summed E-state index contributed by atoms with van der Waals surface area (Å²) < 4.78 is 11.4. The molecule has 0 unspecified atom stereocenters. The summed E-state index contributed by atoms with van der Waals surface area (Å²) in [6.45, 7) is 0.454. The van der Waals surface area contributed by atoms with Crippen LogP contribution in [-0.2, 0) is 6.61 Å². The third kappa shape index (κ3) is 6.37. The number of hydrogen-bond donors (Lipinski definition) is 0. The van der Waals surface area contributed by atoms with Gasteiger partial charge in [0.1, 0.15) is 18.2 Å². The summed E-state index contributed by atoms with van der Waals surface area (Å²) >= 11 is 12.8. The van der Waals surface area contributed by atoms with Crippen LogP contribution in [0.25, 0.3) is 10.9 Å². The van der Waals surface area contributed by atoms with E-state index in [1.165, 1.54) is 11.1 Å². The van der Waals surface area contributed by atoms with E-state index in [9.17, 15) is 4.79 Å². The highest BCUT2D eigenvalue weighted by molar-refractivity contribution is 14.1. The number of hydrogen-bond acceptors (Lipinski definition) is 4. The van der Waals surface area contributed by atoms with Gasteiger partial charge in [-0.1, -0.05) is 73.1 Å². The lowest BCUT2D eigenvalue weighted by atomic mass is 9.88. The van der Waals surface area contributed by atoms with E-state index in [1.54, 1.807) is 6.21 Å². The molecule has 190 valence electrons. The molecule has 37 heavy (non-hydrogen) atoms. The van der Waals surface area contributed by atoms with Gasteiger partial charge in [0, 0.05) is 24.9 Å². The number of rotatable bonds is 6. The van der Waals surface area contributed by atoms with Crippen LogP contribution < -0.4 is 10.3 Å². The van der Waals surface area contributed by atoms with Crippen LogP contribution >= 0.6 is 70.4 Å². The summed E-state index contributed by atoms with van der Waals surface area (Å²) in [6.07, 6.45) is 7.33. The highest BCUT2D eigenvalue weighted by Crippen LogP contribution is 2.32. The number of aromatic nitrogens is 2. The van der Waals surface area contributed by atoms with Gasteiger partial charge in [-0.2, -0.15) is 9.78 Å². The molecule has 1 aliphatic rings. The Hall–Kier alpha value is -1.56. The number of benzene rings is 3. The molecule has 0 N–H and O–H groups in total. The molecule has 5 rings (SSSR count). The van der Waals surface area contributed by atoms with E-state index in [0.717, 1.165) is 65.4 Å². The molecule has 0 aliphatic heterocycles. The van der Waals surface area contributed by atoms with Crippen LogP contribution in [0.5, 0.6) is 5.75 Å². The zero-order valence-electron chi connectivity index (χ0n) is 19.8. The summed E-state index contributed by atoms with van der Waals surface area (Å²) in [7, 11) is 0. The van der Waals surface area contributed by atoms with E-state index in [1.807, 2.05) is 54.6 Å². The fourth-order valence-corrected chi connectivity index (χ4v) is 6.75. The average Bonchev–Trinajstić information content (AvgIpc) is 2.89. The molecule has 1 fully saturated rings. The monoisotopic (exact) mass is 797 g/mol. The number of nitrogens with zero attached hydrogens (tertiary/aromatic N) is 3. The zero-order chi connectivity index (χ0) is 25.9. The number of ether oxygens (including phenoxy) is 1. The van der Waals surface area contributed by atoms with Crippen LogP contribution in [0, 0.1) is 3.57 Å². The van der Waals surface area contributed by atoms with Crippen LogP contribution in [0.2, 0.25) is 0 Å². The Morgan fingerprint density at radius 3 is 2.51 bits per heavy atom. The van der Waals surface area contributed by atoms with Crippen molar-refractivity contribution in [3.8, 4) is 5.75 Å². The summed E-state index contributed by atoms with van der Waals surface area (Å²) in [6, 6.07) is 17.6. The molecule has 1 aliphatic carbocycles. The van der Waals surface area contributed by atoms with E-state index in [2.05, 4.69) is 75.5 Å². The lowest BCUT2D eigenvalue weighted by Gasteiger charge is -2.22. The predicted molar refractivity (Wildman–Crippen MR) is 168 cm³/mol. The molecular formula is C28H23Br3IN3O2. The summed E-state index contributed by atoms with van der Waals surface area (Å²) in [5, 5.41) is 5.22. The minimum Gasteiger partial charge on any atom is -0.488 e. The molecule has 1 heterocycles. The van der Waals surface area contributed by atoms with E-state index in [4.69, 9.17) is 9.72 Å². The topological polar surface area (TPSA) is 56.5 Å². The standard InChI is InChI=1S/C28H23Br3IN3O2/c29-20-9-10-25-22(13-20)28(36)35(27(34-25)18-4-2-1-3-5-18)33-15-17-6-11-26(24(32)12-17)37-16-19-7-8-21(30)14-23(19)31/h6-15,18H,1-5,16H2. The molecule has 0 radical (unpaired) electrons. The van der Waals surface area contributed by atoms with Crippen LogP contribution in [-0.4, -0.2) is 15.9 Å². The Morgan fingerprint density at radius 2 is 1.76 bits per heavy atom. The van der Waals surface area contributed by atoms with Crippen LogP contribution in [0.1, 0.15) is 55.0 Å². The molecular weight excluding hydrogens is 777 g/mol. The fourth-order valence-electron chi connectivity index (χ4n) is 4.54. The molecule has 0 spiro atoms. The Kier molecular flexibility index (Phi) is 8.83. The van der Waals surface area contributed by atoms with Gasteiger partial charge >= 0.3 is 0 Å². The summed E-state index contributed by atoms with van der Waals surface area (Å²) in [5.41, 5.74) is 2.53. The van der Waals surface area contributed by atoms with Crippen molar-refractivity contribution < 1.29 is 4.74 Å². The molecule has 1 aromatic heterocycles. The van der Waals surface area contributed by atoms with Crippen molar-refractivity contribution in [3.05, 3.63) is 98.9 Å². The van der Waals surface area contributed by atoms with Crippen molar-refractivity contribution >= 4 is 87.5 Å². The molecule has 1 saturated carbocycles. The molecule has 4 aromatic rings. The maximum atomic E-state index is 13.5. The van der Waals surface area contributed by atoms with E-state index in [0.29, 0.717) is 17.5 Å². The second-order valence-electron chi connectivity index (χ2n) is 9.04. The number of halogens is 4. The zero-order valence-corrected chi connectivity index (χ0v) is 26.7.